The van der Waals surface area contributed by atoms with Crippen molar-refractivity contribution in [1.29, 1.82) is 5.26 Å². The number of fused-ring (bicyclic) bond motifs is 1. The highest BCUT2D eigenvalue weighted by Crippen LogP contribution is 2.40. The van der Waals surface area contributed by atoms with Crippen molar-refractivity contribution in [3.8, 4) is 23.3 Å². The molecule has 230 valence electrons. The number of halogens is 4. The maximum Gasteiger partial charge on any atom is 0.430 e. The summed E-state index contributed by atoms with van der Waals surface area (Å²) in [5.41, 5.74) is 7.15. The molecular formula is C22H23F4N4O9PS2. The predicted molar refractivity (Wildman–Crippen MR) is 134 cm³/mol. The third-order valence-corrected chi connectivity index (χ3v) is 8.83. The number of sulfonamides is 1. The van der Waals surface area contributed by atoms with Crippen LogP contribution >= 0.6 is 18.9 Å². The fraction of sp³-hybridized carbons (Fsp3) is 0.273. The van der Waals surface area contributed by atoms with Crippen molar-refractivity contribution in [2.45, 2.75) is 10.4 Å². The fourth-order valence-electron chi connectivity index (χ4n) is 2.82. The molecule has 0 aliphatic carbocycles. The van der Waals surface area contributed by atoms with E-state index < -0.39 is 41.9 Å². The van der Waals surface area contributed by atoms with Gasteiger partial charge in [-0.15, -0.1) is 11.3 Å². The van der Waals surface area contributed by atoms with Crippen molar-refractivity contribution >= 4 is 45.0 Å². The Hall–Kier alpha value is -3.50. The van der Waals surface area contributed by atoms with E-state index in [4.69, 9.17) is 29.2 Å². The maximum absolute atomic E-state index is 13.7. The number of carboxylic acids is 1. The maximum atomic E-state index is 13.7. The van der Waals surface area contributed by atoms with Crippen molar-refractivity contribution in [3.63, 3.8) is 0 Å². The number of hydrogen-bond acceptors (Lipinski definition) is 11. The van der Waals surface area contributed by atoms with Crippen LogP contribution in [0.15, 0.2) is 40.6 Å². The Labute approximate surface area is 239 Å². The van der Waals surface area contributed by atoms with E-state index in [2.05, 4.69) is 11.5 Å². The van der Waals surface area contributed by atoms with Crippen LogP contribution < -0.4 is 40.2 Å². The number of quaternary nitrogens is 2. The van der Waals surface area contributed by atoms with Crippen LogP contribution in [0.5, 0.6) is 17.2 Å². The van der Waals surface area contributed by atoms with E-state index in [0.717, 1.165) is 29.5 Å². The lowest BCUT2D eigenvalue weighted by molar-refractivity contribution is -0.372. The van der Waals surface area contributed by atoms with Crippen LogP contribution in [0.1, 0.15) is 5.56 Å². The smallest absolute Gasteiger partial charge is 0.430 e. The largest absolute Gasteiger partial charge is 0.768 e. The number of carboxylic acid groups (broad SMARTS) is 1. The molecule has 20 heteroatoms. The normalized spacial score (nSPS) is 12.9. The number of benzene rings is 2. The lowest BCUT2D eigenvalue weighted by Gasteiger charge is -2.24. The van der Waals surface area contributed by atoms with Gasteiger partial charge in [-0.2, -0.15) is 18.4 Å². The molecule has 0 amide bonds. The monoisotopic (exact) mass is 658 g/mol. The van der Waals surface area contributed by atoms with Gasteiger partial charge in [0, 0.05) is 16.8 Å². The average molecular weight is 659 g/mol. The van der Waals surface area contributed by atoms with E-state index in [1.54, 1.807) is 18.2 Å². The van der Waals surface area contributed by atoms with E-state index in [9.17, 15) is 35.4 Å². The minimum Gasteiger partial charge on any atom is -0.768 e. The summed E-state index contributed by atoms with van der Waals surface area (Å²) in [5.74, 6) is -3.50. The summed E-state index contributed by atoms with van der Waals surface area (Å²) in [6.07, 6.45) is -6.26. The molecule has 2 aromatic carbocycles. The first-order valence-electron chi connectivity index (χ1n) is 11.4. The minimum atomic E-state index is -5.19. The standard InChI is InChI=1S/C20H22FN4O7PS2.C2HF3O2/c21-16-9-15(2-1-13(16)11-24)32-33(26,27)12-25-35(28,29)20-8-14-7-17(30-5-3-22)18(31-6-4-23)10-19(14)34-20;3-2(4,5)1(6)7/h1-2,7-10,25H,3-6,12,22-23H2,(H,26,27);(H,6,7). The van der Waals surface area contributed by atoms with E-state index >= 15 is 0 Å². The number of rotatable bonds is 12. The Morgan fingerprint density at radius 2 is 1.67 bits per heavy atom. The summed E-state index contributed by atoms with van der Waals surface area (Å²) in [6, 6.07) is 9.14. The van der Waals surface area contributed by atoms with Gasteiger partial charge in [0.25, 0.3) is 10.0 Å². The van der Waals surface area contributed by atoms with Gasteiger partial charge in [-0.1, -0.05) is 0 Å². The SMILES string of the molecule is N#Cc1ccc(OP(=O)([O-])CNS(=O)(=O)c2cc3cc(OCC[NH3+])c(OCC[NH3+])cc3s2)cc1F.O=C([O-])C(F)(F)F. The Bertz CT molecular complexity index is 1570. The molecule has 0 fully saturated rings. The molecule has 1 heterocycles. The number of carbonyl (C=O) groups excluding carboxylic acids is 1. The first kappa shape index (κ1) is 34.7. The second kappa shape index (κ2) is 14.6. The number of hydrogen-bond donors (Lipinski definition) is 3. The lowest BCUT2D eigenvalue weighted by atomic mass is 10.2. The molecule has 0 radical (unpaired) electrons. The molecule has 0 saturated heterocycles. The van der Waals surface area contributed by atoms with Gasteiger partial charge in [0.15, 0.2) is 19.1 Å². The molecular weight excluding hydrogens is 635 g/mol. The molecule has 3 aromatic rings. The predicted octanol–water partition coefficient (Wildman–Crippen LogP) is -0.680. The van der Waals surface area contributed by atoms with E-state index in [1.165, 1.54) is 6.07 Å². The van der Waals surface area contributed by atoms with Crippen LogP contribution in [-0.4, -0.2) is 53.2 Å². The summed E-state index contributed by atoms with van der Waals surface area (Å²) >= 11 is 0.918. The zero-order chi connectivity index (χ0) is 31.7. The van der Waals surface area contributed by atoms with Crippen molar-refractivity contribution < 1.29 is 70.8 Å². The van der Waals surface area contributed by atoms with Crippen molar-refractivity contribution in [2.75, 3.05) is 32.6 Å². The van der Waals surface area contributed by atoms with Crippen molar-refractivity contribution in [1.82, 2.24) is 4.72 Å². The van der Waals surface area contributed by atoms with Crippen molar-refractivity contribution in [3.05, 3.63) is 47.8 Å². The van der Waals surface area contributed by atoms with E-state index in [0.29, 0.717) is 47.9 Å². The second-order valence-corrected chi connectivity index (χ2v) is 12.7. The molecule has 0 saturated carbocycles. The Morgan fingerprint density at radius 1 is 1.10 bits per heavy atom. The summed E-state index contributed by atoms with van der Waals surface area (Å²) in [7, 11) is -9.02. The van der Waals surface area contributed by atoms with Crippen LogP contribution in [0.25, 0.3) is 10.1 Å². The van der Waals surface area contributed by atoms with Crippen LogP contribution in [-0.2, 0) is 19.4 Å². The lowest BCUT2D eigenvalue weighted by Crippen LogP contribution is -2.53. The Morgan fingerprint density at radius 3 is 2.17 bits per heavy atom. The first-order chi connectivity index (χ1) is 19.5. The van der Waals surface area contributed by atoms with Gasteiger partial charge in [0.2, 0.25) is 0 Å². The molecule has 3 rings (SSSR count). The Balaban J connectivity index is 0.000000782. The third kappa shape index (κ3) is 10.1. The molecule has 1 unspecified atom stereocenters. The summed E-state index contributed by atoms with van der Waals surface area (Å²) < 4.78 is 102. The van der Waals surface area contributed by atoms with E-state index in [1.807, 2.05) is 4.72 Å². The molecule has 0 spiro atoms. The van der Waals surface area contributed by atoms with Gasteiger partial charge in [-0.05, 0) is 29.7 Å². The molecule has 0 bridgehead atoms. The van der Waals surface area contributed by atoms with Crippen LogP contribution in [0.2, 0.25) is 0 Å². The molecule has 0 aliphatic heterocycles. The molecule has 7 N–H and O–H groups in total. The average Bonchev–Trinajstić information content (AvgIpc) is 3.33. The summed E-state index contributed by atoms with van der Waals surface area (Å²) in [4.78, 5) is 21.0. The molecule has 0 aliphatic rings. The first-order valence-corrected chi connectivity index (χ1v) is 15.4. The number of nitrogens with one attached hydrogen (secondary N) is 1. The third-order valence-electron chi connectivity index (χ3n) is 4.61. The molecule has 1 aromatic heterocycles. The zero-order valence-electron chi connectivity index (χ0n) is 21.3. The van der Waals surface area contributed by atoms with Crippen molar-refractivity contribution in [2.24, 2.45) is 0 Å². The van der Waals surface area contributed by atoms with Gasteiger partial charge in [0.05, 0.1) is 11.8 Å². The Kier molecular flexibility index (Phi) is 12.1. The summed E-state index contributed by atoms with van der Waals surface area (Å²) in [6.45, 7) is 1.72. The fourth-order valence-corrected chi connectivity index (χ4v) is 6.74. The topological polar surface area (TPSA) is 233 Å². The van der Waals surface area contributed by atoms with Gasteiger partial charge in [0.1, 0.15) is 54.1 Å². The highest BCUT2D eigenvalue weighted by Gasteiger charge is 2.29. The van der Waals surface area contributed by atoms with Gasteiger partial charge >= 0.3 is 6.18 Å². The number of carbonyl (C=O) groups is 1. The number of ether oxygens (including phenoxy) is 2. The highest BCUT2D eigenvalue weighted by molar-refractivity contribution is 7.92. The van der Waals surface area contributed by atoms with Gasteiger partial charge < -0.3 is 40.3 Å². The summed E-state index contributed by atoms with van der Waals surface area (Å²) in [5, 5.41) is 18.1. The van der Waals surface area contributed by atoms with E-state index in [-0.39, 0.29) is 15.5 Å². The molecule has 13 nitrogen and oxygen atoms in total. The highest BCUT2D eigenvalue weighted by atomic mass is 32.2. The number of thiophene rings is 1. The van der Waals surface area contributed by atoms with Crippen LogP contribution in [0.4, 0.5) is 17.6 Å². The quantitative estimate of drug-likeness (QED) is 0.164. The molecule has 1 atom stereocenters. The number of nitriles is 1. The minimum absolute atomic E-state index is 0.130. The second-order valence-electron chi connectivity index (χ2n) is 7.85. The zero-order valence-corrected chi connectivity index (χ0v) is 23.8. The number of aliphatic carboxylic acids is 1. The number of alkyl halides is 3. The van der Waals surface area contributed by atoms with Crippen LogP contribution in [0, 0.1) is 17.1 Å². The van der Waals surface area contributed by atoms with Gasteiger partial charge in [-0.3, -0.25) is 4.57 Å². The molecule has 42 heavy (non-hydrogen) atoms. The van der Waals surface area contributed by atoms with Crippen LogP contribution in [0.3, 0.4) is 0 Å². The van der Waals surface area contributed by atoms with Gasteiger partial charge in [-0.25, -0.2) is 17.5 Å². The number of nitrogens with zero attached hydrogens (tertiary/aromatic N) is 1.